The van der Waals surface area contributed by atoms with Crippen LogP contribution in [0.1, 0.15) is 52.5 Å². The fourth-order valence-corrected chi connectivity index (χ4v) is 6.58. The summed E-state index contributed by atoms with van der Waals surface area (Å²) in [4.78, 5) is 18.6. The van der Waals surface area contributed by atoms with Crippen LogP contribution in [0.25, 0.3) is 0 Å². The zero-order chi connectivity index (χ0) is 23.4. The minimum Gasteiger partial charge on any atom is -0.462 e. The maximum Gasteiger partial charge on any atom is 0.341 e. The predicted octanol–water partition coefficient (Wildman–Crippen LogP) is 6.02. The van der Waals surface area contributed by atoms with Crippen LogP contribution < -0.4 is 5.32 Å². The van der Waals surface area contributed by atoms with Gasteiger partial charge in [-0.05, 0) is 62.5 Å². The minimum absolute atomic E-state index is 0.247. The SMILES string of the molecule is CCOC(=O)c1c(NC(=S)N2CCN(Cc3c(Cl)cccc3Cl)CC2)sc2c1CCCCC2. The Kier molecular flexibility index (Phi) is 8.52. The highest BCUT2D eigenvalue weighted by atomic mass is 35.5. The number of aryl methyl sites for hydroxylation is 1. The van der Waals surface area contributed by atoms with Gasteiger partial charge in [0.25, 0.3) is 0 Å². The summed E-state index contributed by atoms with van der Waals surface area (Å²) in [6, 6.07) is 5.62. The van der Waals surface area contributed by atoms with Crippen molar-refractivity contribution in [2.75, 3.05) is 38.1 Å². The number of benzene rings is 1. The summed E-state index contributed by atoms with van der Waals surface area (Å²) in [6.07, 6.45) is 5.42. The summed E-state index contributed by atoms with van der Waals surface area (Å²) in [7, 11) is 0. The zero-order valence-corrected chi connectivity index (χ0v) is 21.9. The summed E-state index contributed by atoms with van der Waals surface area (Å²) in [5, 5.41) is 6.28. The Labute approximate surface area is 215 Å². The second kappa shape index (κ2) is 11.4. The van der Waals surface area contributed by atoms with Crippen LogP contribution in [-0.4, -0.2) is 53.7 Å². The van der Waals surface area contributed by atoms with Crippen LogP contribution in [0.4, 0.5) is 5.00 Å². The molecule has 0 saturated carbocycles. The molecule has 0 spiro atoms. The quantitative estimate of drug-likeness (QED) is 0.292. The number of hydrogen-bond donors (Lipinski definition) is 1. The molecular weight excluding hydrogens is 497 g/mol. The van der Waals surface area contributed by atoms with E-state index in [4.69, 9.17) is 40.2 Å². The molecule has 1 aliphatic carbocycles. The van der Waals surface area contributed by atoms with Gasteiger partial charge in [0.1, 0.15) is 5.00 Å². The number of nitrogens with zero attached hydrogens (tertiary/aromatic N) is 2. The van der Waals surface area contributed by atoms with Crippen LogP contribution in [-0.2, 0) is 24.1 Å². The van der Waals surface area contributed by atoms with Crippen LogP contribution in [0.15, 0.2) is 18.2 Å². The van der Waals surface area contributed by atoms with Crippen molar-refractivity contribution in [1.29, 1.82) is 0 Å². The number of anilines is 1. The monoisotopic (exact) mass is 525 g/mol. The topological polar surface area (TPSA) is 44.8 Å². The summed E-state index contributed by atoms with van der Waals surface area (Å²) in [5.41, 5.74) is 2.81. The van der Waals surface area contributed by atoms with E-state index in [9.17, 15) is 4.79 Å². The number of rotatable bonds is 5. The molecule has 2 aliphatic rings. The third-order valence-electron chi connectivity index (χ3n) is 6.22. The molecule has 9 heteroatoms. The zero-order valence-electron chi connectivity index (χ0n) is 18.8. The van der Waals surface area contributed by atoms with E-state index in [1.165, 1.54) is 11.3 Å². The van der Waals surface area contributed by atoms with E-state index in [1.807, 2.05) is 25.1 Å². The van der Waals surface area contributed by atoms with Crippen molar-refractivity contribution in [2.45, 2.75) is 45.6 Å². The molecule has 0 radical (unpaired) electrons. The highest BCUT2D eigenvalue weighted by Crippen LogP contribution is 2.38. The van der Waals surface area contributed by atoms with Gasteiger partial charge in [-0.15, -0.1) is 11.3 Å². The number of esters is 1. The fourth-order valence-electron chi connectivity index (χ4n) is 4.44. The van der Waals surface area contributed by atoms with E-state index in [0.717, 1.165) is 74.5 Å². The van der Waals surface area contributed by atoms with Crippen molar-refractivity contribution < 1.29 is 9.53 Å². The molecule has 1 aromatic carbocycles. The molecule has 2 heterocycles. The Balaban J connectivity index is 1.41. The van der Waals surface area contributed by atoms with E-state index in [-0.39, 0.29) is 5.97 Å². The van der Waals surface area contributed by atoms with Crippen molar-refractivity contribution in [2.24, 2.45) is 0 Å². The summed E-state index contributed by atoms with van der Waals surface area (Å²) >= 11 is 20.1. The Morgan fingerprint density at radius 3 is 2.52 bits per heavy atom. The van der Waals surface area contributed by atoms with Crippen molar-refractivity contribution in [3.8, 4) is 0 Å². The van der Waals surface area contributed by atoms with E-state index < -0.39 is 0 Å². The highest BCUT2D eigenvalue weighted by molar-refractivity contribution is 7.80. The van der Waals surface area contributed by atoms with Gasteiger partial charge in [-0.2, -0.15) is 0 Å². The van der Waals surface area contributed by atoms with Crippen molar-refractivity contribution in [3.05, 3.63) is 49.8 Å². The van der Waals surface area contributed by atoms with Crippen LogP contribution in [0, 0.1) is 0 Å². The molecule has 1 aliphatic heterocycles. The third-order valence-corrected chi connectivity index (χ3v) is 8.50. The molecule has 0 unspecified atom stereocenters. The Morgan fingerprint density at radius 2 is 1.82 bits per heavy atom. The first-order chi connectivity index (χ1) is 16.0. The molecule has 0 amide bonds. The number of halogens is 2. The van der Waals surface area contributed by atoms with Crippen LogP contribution in [0.3, 0.4) is 0 Å². The van der Waals surface area contributed by atoms with E-state index >= 15 is 0 Å². The third kappa shape index (κ3) is 5.82. The van der Waals surface area contributed by atoms with Gasteiger partial charge in [0.05, 0.1) is 12.2 Å². The molecule has 0 bridgehead atoms. The largest absolute Gasteiger partial charge is 0.462 e. The number of thiophene rings is 1. The Bertz CT molecular complexity index is 999. The number of thiocarbonyl (C=S) groups is 1. The van der Waals surface area contributed by atoms with Crippen molar-refractivity contribution in [1.82, 2.24) is 9.80 Å². The predicted molar refractivity (Wildman–Crippen MR) is 141 cm³/mol. The lowest BCUT2D eigenvalue weighted by Gasteiger charge is -2.36. The van der Waals surface area contributed by atoms with Crippen LogP contribution in [0.5, 0.6) is 0 Å². The molecule has 1 aromatic heterocycles. The van der Waals surface area contributed by atoms with E-state index in [1.54, 1.807) is 11.3 Å². The van der Waals surface area contributed by atoms with Gasteiger partial charge in [-0.3, -0.25) is 4.90 Å². The molecule has 0 atom stereocenters. The van der Waals surface area contributed by atoms with Crippen LogP contribution >= 0.6 is 46.8 Å². The lowest BCUT2D eigenvalue weighted by Crippen LogP contribution is -2.49. The highest BCUT2D eigenvalue weighted by Gasteiger charge is 2.27. The van der Waals surface area contributed by atoms with Crippen LogP contribution in [0.2, 0.25) is 10.0 Å². The van der Waals surface area contributed by atoms with Gasteiger partial charge in [-0.25, -0.2) is 4.79 Å². The average Bonchev–Trinajstić information content (AvgIpc) is 2.97. The van der Waals surface area contributed by atoms with E-state index in [0.29, 0.717) is 27.3 Å². The number of carbonyl (C=O) groups excluding carboxylic acids is 1. The summed E-state index contributed by atoms with van der Waals surface area (Å²) < 4.78 is 5.39. The Hall–Kier alpha value is -1.38. The van der Waals surface area contributed by atoms with Gasteiger partial charge in [-0.1, -0.05) is 35.7 Å². The Morgan fingerprint density at radius 1 is 1.12 bits per heavy atom. The second-order valence-corrected chi connectivity index (χ2v) is 10.7. The molecule has 2 aromatic rings. The summed E-state index contributed by atoms with van der Waals surface area (Å²) in [6.45, 7) is 6.24. The van der Waals surface area contributed by atoms with Crippen molar-refractivity contribution >= 4 is 62.8 Å². The summed E-state index contributed by atoms with van der Waals surface area (Å²) in [5.74, 6) is -0.247. The molecular formula is C24H29Cl2N3O2S2. The van der Waals surface area contributed by atoms with E-state index in [2.05, 4.69) is 15.1 Å². The standard InChI is InChI=1S/C24H29Cl2N3O2S2/c1-2-31-23(30)21-16-7-4-3-5-10-20(16)33-22(21)27-24(32)29-13-11-28(12-14-29)15-17-18(25)8-6-9-19(17)26/h6,8-9H,2-5,7,10-15H2,1H3,(H,27,32). The van der Waals surface area contributed by atoms with Gasteiger partial charge in [0.2, 0.25) is 0 Å². The molecule has 1 fully saturated rings. The number of carbonyl (C=O) groups is 1. The average molecular weight is 527 g/mol. The first-order valence-corrected chi connectivity index (χ1v) is 13.5. The first kappa shape index (κ1) is 24.7. The van der Waals surface area contributed by atoms with Gasteiger partial charge >= 0.3 is 5.97 Å². The lowest BCUT2D eigenvalue weighted by molar-refractivity contribution is 0.0527. The number of hydrogen-bond acceptors (Lipinski definition) is 5. The number of piperazine rings is 1. The van der Waals surface area contributed by atoms with Gasteiger partial charge in [0.15, 0.2) is 5.11 Å². The fraction of sp³-hybridized carbons (Fsp3) is 0.500. The molecule has 178 valence electrons. The first-order valence-electron chi connectivity index (χ1n) is 11.5. The maximum atomic E-state index is 12.8. The molecule has 1 N–H and O–H groups in total. The van der Waals surface area contributed by atoms with Crippen molar-refractivity contribution in [3.63, 3.8) is 0 Å². The lowest BCUT2D eigenvalue weighted by atomic mass is 10.1. The molecule has 33 heavy (non-hydrogen) atoms. The maximum absolute atomic E-state index is 12.8. The molecule has 4 rings (SSSR count). The van der Waals surface area contributed by atoms with Gasteiger partial charge < -0.3 is 15.0 Å². The molecule has 1 saturated heterocycles. The van der Waals surface area contributed by atoms with Gasteiger partial charge in [0, 0.05) is 53.2 Å². The second-order valence-electron chi connectivity index (χ2n) is 8.38. The normalized spacial score (nSPS) is 16.8. The number of fused-ring (bicyclic) bond motifs is 1. The minimum atomic E-state index is -0.247. The smallest absolute Gasteiger partial charge is 0.341 e. The number of ether oxygens (including phenoxy) is 1. The number of nitrogens with one attached hydrogen (secondary N) is 1. The molecule has 5 nitrogen and oxygen atoms in total.